The quantitative estimate of drug-likeness (QED) is 0.164. The minimum Gasteiger partial charge on any atom is -0.422 e. The van der Waals surface area contributed by atoms with E-state index >= 15 is 0 Å². The molecule has 332 valence electrons. The molecule has 0 amide bonds. The van der Waals surface area contributed by atoms with Crippen molar-refractivity contribution >= 4 is 44.1 Å². The third kappa shape index (κ3) is 6.27. The van der Waals surface area contributed by atoms with E-state index in [1.165, 1.54) is 33.6 Å². The lowest BCUT2D eigenvalue weighted by Gasteiger charge is -2.48. The molecule has 0 bridgehead atoms. The van der Waals surface area contributed by atoms with Gasteiger partial charge in [0.25, 0.3) is 0 Å². The van der Waals surface area contributed by atoms with Gasteiger partial charge in [0.15, 0.2) is 0 Å². The van der Waals surface area contributed by atoms with Gasteiger partial charge in [-0.3, -0.25) is 0 Å². The molecule has 6 nitrogen and oxygen atoms in total. The van der Waals surface area contributed by atoms with E-state index < -0.39 is 0 Å². The maximum Gasteiger partial charge on any atom is 0.344 e. The van der Waals surface area contributed by atoms with Crippen molar-refractivity contribution in [3.63, 3.8) is 0 Å². The first-order valence-corrected chi connectivity index (χ1v) is 24.0. The van der Waals surface area contributed by atoms with Gasteiger partial charge >= 0.3 is 11.3 Å². The van der Waals surface area contributed by atoms with Crippen LogP contribution >= 0.6 is 0 Å². The maximum absolute atomic E-state index is 13.8. The molecule has 0 aliphatic carbocycles. The Labute approximate surface area is 386 Å². The number of nitrogens with zero attached hydrogens (tertiary/aromatic N) is 2. The molecule has 2 aromatic heterocycles. The molecule has 0 atom stereocenters. The molecular formula is C60H58N2O4. The van der Waals surface area contributed by atoms with E-state index in [0.717, 1.165) is 118 Å². The molecule has 0 N–H and O–H groups in total. The van der Waals surface area contributed by atoms with Crippen LogP contribution < -0.4 is 21.1 Å². The van der Waals surface area contributed by atoms with Crippen LogP contribution in [-0.4, -0.2) is 26.2 Å². The third-order valence-corrected chi connectivity index (χ3v) is 16.4. The summed E-state index contributed by atoms with van der Waals surface area (Å²) in [6.07, 6.45) is 4.27. The van der Waals surface area contributed by atoms with Gasteiger partial charge in [0.05, 0.1) is 11.1 Å². The topological polar surface area (TPSA) is 66.9 Å². The fourth-order valence-electron chi connectivity index (χ4n) is 12.0. The lowest BCUT2D eigenvalue weighted by Crippen LogP contribution is -2.44. The van der Waals surface area contributed by atoms with Crippen molar-refractivity contribution in [2.24, 2.45) is 0 Å². The van der Waals surface area contributed by atoms with Crippen LogP contribution in [0.15, 0.2) is 128 Å². The highest BCUT2D eigenvalue weighted by molar-refractivity contribution is 5.95. The van der Waals surface area contributed by atoms with Crippen molar-refractivity contribution in [1.29, 1.82) is 0 Å². The first-order valence-electron chi connectivity index (χ1n) is 24.0. The second kappa shape index (κ2) is 14.1. The van der Waals surface area contributed by atoms with Gasteiger partial charge in [-0.15, -0.1) is 0 Å². The minimum absolute atomic E-state index is 0.0398. The fraction of sp³-hybridized carbons (Fsp3) is 0.333. The summed E-state index contributed by atoms with van der Waals surface area (Å²) in [6.45, 7) is 22.7. The molecule has 66 heavy (non-hydrogen) atoms. The molecule has 0 saturated carbocycles. The Morgan fingerprint density at radius 2 is 0.727 bits per heavy atom. The molecule has 0 fully saturated rings. The van der Waals surface area contributed by atoms with E-state index in [1.54, 1.807) is 0 Å². The van der Waals surface area contributed by atoms with Gasteiger partial charge in [-0.2, -0.15) is 0 Å². The van der Waals surface area contributed by atoms with E-state index in [2.05, 4.69) is 150 Å². The van der Waals surface area contributed by atoms with Crippen LogP contribution in [-0.2, 0) is 21.7 Å². The van der Waals surface area contributed by atoms with Crippen LogP contribution in [0.3, 0.4) is 0 Å². The van der Waals surface area contributed by atoms with E-state index in [1.807, 2.05) is 24.3 Å². The smallest absolute Gasteiger partial charge is 0.344 e. The summed E-state index contributed by atoms with van der Waals surface area (Å²) in [5, 5.41) is 4.29. The van der Waals surface area contributed by atoms with Crippen LogP contribution in [0.2, 0.25) is 0 Å². The lowest BCUT2D eigenvalue weighted by atomic mass is 9.69. The summed E-state index contributed by atoms with van der Waals surface area (Å²) >= 11 is 0. The van der Waals surface area contributed by atoms with Gasteiger partial charge in [0, 0.05) is 59.5 Å². The summed E-state index contributed by atoms with van der Waals surface area (Å²) in [5.74, 6) is 0. The Morgan fingerprint density at radius 3 is 1.12 bits per heavy atom. The third-order valence-electron chi connectivity index (χ3n) is 16.4. The number of fused-ring (bicyclic) bond motifs is 5. The van der Waals surface area contributed by atoms with Crippen molar-refractivity contribution < 1.29 is 8.83 Å². The van der Waals surface area contributed by atoms with Gasteiger partial charge in [0.2, 0.25) is 0 Å². The number of hydrogen-bond acceptors (Lipinski definition) is 6. The number of benzene rings is 6. The van der Waals surface area contributed by atoms with Crippen molar-refractivity contribution in [2.75, 3.05) is 36.0 Å². The SMILES string of the molecule is CC1(C)CCN2CCC(C)(C)c3c2c1cc1cc(-c2ccc(-c4ccc5ccc(-c6ccc(-c7cc8cc9c%10c(c8oc7=O)C(C)(C)CCN%10CCC9(C)C)cc6)cc5c4)cc2)c(=O)oc31. The molecular weight excluding hydrogens is 813 g/mol. The molecule has 4 aliphatic heterocycles. The normalized spacial score (nSPS) is 18.7. The highest BCUT2D eigenvalue weighted by atomic mass is 16.4. The maximum atomic E-state index is 13.8. The molecule has 12 rings (SSSR count). The second-order valence-electron chi connectivity index (χ2n) is 22.5. The van der Waals surface area contributed by atoms with E-state index in [9.17, 15) is 9.59 Å². The number of hydrogen-bond donors (Lipinski definition) is 0. The molecule has 0 unspecified atom stereocenters. The molecule has 6 aromatic carbocycles. The average Bonchev–Trinajstić information content (AvgIpc) is 3.29. The second-order valence-corrected chi connectivity index (χ2v) is 22.5. The van der Waals surface area contributed by atoms with Gasteiger partial charge < -0.3 is 18.6 Å². The molecule has 6 heteroatoms. The van der Waals surface area contributed by atoms with E-state index in [-0.39, 0.29) is 32.9 Å². The largest absolute Gasteiger partial charge is 0.422 e. The van der Waals surface area contributed by atoms with Crippen molar-refractivity contribution in [2.45, 2.75) is 103 Å². The molecule has 0 saturated heterocycles. The first-order chi connectivity index (χ1) is 31.5. The van der Waals surface area contributed by atoms with Crippen molar-refractivity contribution in [1.82, 2.24) is 0 Å². The number of anilines is 2. The summed E-state index contributed by atoms with van der Waals surface area (Å²) in [5.41, 5.74) is 15.7. The molecule has 6 heterocycles. The van der Waals surface area contributed by atoms with Crippen molar-refractivity contribution in [3.8, 4) is 44.5 Å². The Hall–Kier alpha value is -6.40. The van der Waals surface area contributed by atoms with Gasteiger partial charge in [0.1, 0.15) is 11.2 Å². The number of rotatable bonds is 4. The van der Waals surface area contributed by atoms with E-state index in [0.29, 0.717) is 11.1 Å². The molecule has 0 radical (unpaired) electrons. The Kier molecular flexibility index (Phi) is 8.75. The van der Waals surface area contributed by atoms with Crippen LogP contribution in [0.25, 0.3) is 77.2 Å². The van der Waals surface area contributed by atoms with Gasteiger partial charge in [-0.1, -0.05) is 128 Å². The summed E-state index contributed by atoms with van der Waals surface area (Å²) in [4.78, 5) is 32.7. The van der Waals surface area contributed by atoms with Gasteiger partial charge in [-0.25, -0.2) is 9.59 Å². The fourth-order valence-corrected chi connectivity index (χ4v) is 12.0. The summed E-state index contributed by atoms with van der Waals surface area (Å²) in [6, 6.07) is 38.4. The standard InChI is InChI=1S/C60H58N2O4/c1-57(2)21-25-61-27-23-59(5,6)49-51(61)47(57)33-43-31-45(55(63)65-53(43)49)38-15-9-35(10-16-38)40-19-13-37-14-20-41(30-42(37)29-40)36-11-17-39(18-12-36)46-32-44-34-48-52-50(54(44)66-56(46)64)60(7,8)24-28-62(52)26-22-58(48,3)4/h9-20,29-34H,21-28H2,1-8H3. The zero-order valence-corrected chi connectivity index (χ0v) is 39.6. The Bertz CT molecular complexity index is 3240. The van der Waals surface area contributed by atoms with Gasteiger partial charge in [-0.05, 0) is 139 Å². The van der Waals surface area contributed by atoms with Crippen LogP contribution in [0.5, 0.6) is 0 Å². The van der Waals surface area contributed by atoms with Crippen molar-refractivity contribution in [3.05, 3.63) is 152 Å². The molecule has 4 aliphatic rings. The highest BCUT2D eigenvalue weighted by Crippen LogP contribution is 2.53. The zero-order chi connectivity index (χ0) is 45.7. The van der Waals surface area contributed by atoms with Crippen LogP contribution in [0.4, 0.5) is 11.4 Å². The minimum atomic E-state index is -0.297. The predicted octanol–water partition coefficient (Wildman–Crippen LogP) is 14.1. The average molecular weight is 871 g/mol. The molecule has 8 aromatic rings. The van der Waals surface area contributed by atoms with Crippen LogP contribution in [0, 0.1) is 0 Å². The first kappa shape index (κ1) is 41.1. The summed E-state index contributed by atoms with van der Waals surface area (Å²) in [7, 11) is 0. The van der Waals surface area contributed by atoms with E-state index in [4.69, 9.17) is 8.83 Å². The van der Waals surface area contributed by atoms with Crippen LogP contribution in [0.1, 0.15) is 103 Å². The monoisotopic (exact) mass is 870 g/mol. The lowest BCUT2D eigenvalue weighted by molar-refractivity contribution is 0.398. The Morgan fingerprint density at radius 1 is 0.379 bits per heavy atom. The summed E-state index contributed by atoms with van der Waals surface area (Å²) < 4.78 is 12.6. The highest BCUT2D eigenvalue weighted by Gasteiger charge is 2.43. The Balaban J connectivity index is 0.846. The molecule has 0 spiro atoms. The predicted molar refractivity (Wildman–Crippen MR) is 273 cm³/mol. The zero-order valence-electron chi connectivity index (χ0n) is 39.6.